The molecule has 0 aliphatic carbocycles. The number of carbonyl (C=O) groups excluding carboxylic acids is 1. The molecular formula is C27H28ClN3O2. The van der Waals surface area contributed by atoms with Gasteiger partial charge in [0.25, 0.3) is 0 Å². The van der Waals surface area contributed by atoms with E-state index in [2.05, 4.69) is 59.7 Å². The summed E-state index contributed by atoms with van der Waals surface area (Å²) in [7, 11) is 2.11. The monoisotopic (exact) mass is 461 g/mol. The summed E-state index contributed by atoms with van der Waals surface area (Å²) in [6.07, 6.45) is 4.16. The molecule has 0 bridgehead atoms. The molecule has 3 aromatic carbocycles. The van der Waals surface area contributed by atoms with Gasteiger partial charge in [-0.25, -0.2) is 0 Å². The number of benzodiazepines with no additional fused rings is 1. The number of anilines is 2. The number of rotatable bonds is 6. The van der Waals surface area contributed by atoms with Crippen LogP contribution in [0.1, 0.15) is 23.6 Å². The highest BCUT2D eigenvalue weighted by molar-refractivity contribution is 6.14. The van der Waals surface area contributed by atoms with Crippen molar-refractivity contribution in [1.82, 2.24) is 0 Å². The third kappa shape index (κ3) is 6.46. The van der Waals surface area contributed by atoms with Gasteiger partial charge in [0, 0.05) is 37.5 Å². The number of hydrogen-bond donors (Lipinski definition) is 1. The molecule has 0 unspecified atom stereocenters. The van der Waals surface area contributed by atoms with Gasteiger partial charge in [0.05, 0.1) is 12.3 Å². The molecule has 0 aromatic heterocycles. The fraction of sp³-hybridized carbons (Fsp3) is 0.185. The number of fused-ring (bicyclic) bond motifs is 1. The first-order chi connectivity index (χ1) is 15.6. The predicted octanol–water partition coefficient (Wildman–Crippen LogP) is 5.60. The van der Waals surface area contributed by atoms with Crippen molar-refractivity contribution in [1.29, 1.82) is 0 Å². The second-order valence-electron chi connectivity index (χ2n) is 7.78. The molecule has 0 saturated heterocycles. The molecule has 0 radical (unpaired) electrons. The first kappa shape index (κ1) is 24.1. The molecule has 1 aliphatic rings. The van der Waals surface area contributed by atoms with E-state index in [4.69, 9.17) is 9.73 Å². The summed E-state index contributed by atoms with van der Waals surface area (Å²) in [5.74, 6) is 0.727. The maximum absolute atomic E-state index is 11.1. The van der Waals surface area contributed by atoms with Gasteiger partial charge in [-0.3, -0.25) is 9.79 Å². The second-order valence-corrected chi connectivity index (χ2v) is 7.78. The summed E-state index contributed by atoms with van der Waals surface area (Å²) in [5, 5.41) is 2.77. The van der Waals surface area contributed by atoms with Gasteiger partial charge in [0.15, 0.2) is 0 Å². The van der Waals surface area contributed by atoms with Gasteiger partial charge in [-0.05, 0) is 47.5 Å². The standard InChI is InChI=1S/C27H27N3O2.ClH/c1-20(31)29-23-13-10-22(11-14-23)19-32-24-7-5-6-21(18-24)12-15-26-25-8-3-4-9-27(25)30(2)17-16-28-26;/h3-15,18H,16-17,19H2,1-2H3,(H,29,31);1H/b15-12+;. The van der Waals surface area contributed by atoms with Gasteiger partial charge >= 0.3 is 0 Å². The Morgan fingerprint density at radius 2 is 1.85 bits per heavy atom. The molecular weight excluding hydrogens is 434 g/mol. The predicted molar refractivity (Wildman–Crippen MR) is 139 cm³/mol. The highest BCUT2D eigenvalue weighted by Crippen LogP contribution is 2.23. The van der Waals surface area contributed by atoms with Gasteiger partial charge in [0.1, 0.15) is 12.4 Å². The van der Waals surface area contributed by atoms with Crippen molar-refractivity contribution >= 4 is 41.5 Å². The maximum atomic E-state index is 11.1. The van der Waals surface area contributed by atoms with Crippen molar-refractivity contribution < 1.29 is 9.53 Å². The SMILES string of the molecule is CC(=O)Nc1ccc(COc2cccc(/C=C/C3=NCCN(C)c4ccccc43)c2)cc1.Cl. The van der Waals surface area contributed by atoms with E-state index in [1.165, 1.54) is 12.6 Å². The van der Waals surface area contributed by atoms with Gasteiger partial charge in [0.2, 0.25) is 5.91 Å². The number of benzene rings is 3. The first-order valence-corrected chi connectivity index (χ1v) is 10.7. The average molecular weight is 462 g/mol. The van der Waals surface area contributed by atoms with Crippen LogP contribution in [0.5, 0.6) is 5.75 Å². The highest BCUT2D eigenvalue weighted by atomic mass is 35.5. The molecule has 1 N–H and O–H groups in total. The van der Waals surface area contributed by atoms with Crippen LogP contribution in [0, 0.1) is 0 Å². The topological polar surface area (TPSA) is 53.9 Å². The molecule has 5 nitrogen and oxygen atoms in total. The van der Waals surface area contributed by atoms with Crippen molar-refractivity contribution in [2.75, 3.05) is 30.4 Å². The number of allylic oxidation sites excluding steroid dienone is 1. The van der Waals surface area contributed by atoms with Crippen LogP contribution >= 0.6 is 12.4 Å². The third-order valence-corrected chi connectivity index (χ3v) is 5.28. The maximum Gasteiger partial charge on any atom is 0.221 e. The van der Waals surface area contributed by atoms with Crippen molar-refractivity contribution in [3.05, 3.63) is 95.6 Å². The Kier molecular flexibility index (Phi) is 8.28. The number of para-hydroxylation sites is 1. The summed E-state index contributed by atoms with van der Waals surface area (Å²) >= 11 is 0. The second kappa shape index (κ2) is 11.3. The van der Waals surface area contributed by atoms with E-state index in [1.807, 2.05) is 42.5 Å². The Morgan fingerprint density at radius 3 is 2.64 bits per heavy atom. The molecule has 0 spiro atoms. The Hall–Kier alpha value is -3.57. The largest absolute Gasteiger partial charge is 0.489 e. The van der Waals surface area contributed by atoms with Crippen molar-refractivity contribution in [2.24, 2.45) is 4.99 Å². The number of nitrogens with one attached hydrogen (secondary N) is 1. The third-order valence-electron chi connectivity index (χ3n) is 5.28. The lowest BCUT2D eigenvalue weighted by atomic mass is 10.1. The number of hydrogen-bond acceptors (Lipinski definition) is 4. The molecule has 1 aliphatic heterocycles. The molecule has 0 fully saturated rings. The molecule has 6 heteroatoms. The molecule has 4 rings (SSSR count). The van der Waals surface area contributed by atoms with Gasteiger partial charge < -0.3 is 15.0 Å². The van der Waals surface area contributed by atoms with E-state index in [0.29, 0.717) is 6.61 Å². The summed E-state index contributed by atoms with van der Waals surface area (Å²) in [6.45, 7) is 3.64. The van der Waals surface area contributed by atoms with Crippen LogP contribution in [0.2, 0.25) is 0 Å². The van der Waals surface area contributed by atoms with Crippen LogP contribution in [0.15, 0.2) is 83.9 Å². The van der Waals surface area contributed by atoms with Crippen LogP contribution < -0.4 is 15.0 Å². The number of amides is 1. The number of aliphatic imine (C=N–C) groups is 1. The molecule has 1 amide bonds. The van der Waals surface area contributed by atoms with Crippen molar-refractivity contribution in [3.8, 4) is 5.75 Å². The van der Waals surface area contributed by atoms with Crippen LogP contribution in [0.3, 0.4) is 0 Å². The first-order valence-electron chi connectivity index (χ1n) is 10.7. The van der Waals surface area contributed by atoms with E-state index in [9.17, 15) is 4.79 Å². The minimum atomic E-state index is -0.0795. The fourth-order valence-electron chi connectivity index (χ4n) is 3.63. The van der Waals surface area contributed by atoms with Gasteiger partial charge in [-0.1, -0.05) is 48.5 Å². The van der Waals surface area contributed by atoms with E-state index >= 15 is 0 Å². The number of carbonyl (C=O) groups is 1. The summed E-state index contributed by atoms with van der Waals surface area (Å²) in [4.78, 5) is 18.2. The summed E-state index contributed by atoms with van der Waals surface area (Å²) < 4.78 is 5.98. The Labute approximate surface area is 201 Å². The molecule has 0 saturated carbocycles. The molecule has 170 valence electrons. The van der Waals surface area contributed by atoms with Crippen molar-refractivity contribution in [3.63, 3.8) is 0 Å². The number of ether oxygens (including phenoxy) is 1. The van der Waals surface area contributed by atoms with Gasteiger partial charge in [-0.2, -0.15) is 0 Å². The lowest BCUT2D eigenvalue weighted by molar-refractivity contribution is -0.114. The summed E-state index contributed by atoms with van der Waals surface area (Å²) in [6, 6.07) is 24.1. The van der Waals surface area contributed by atoms with Crippen LogP contribution in [-0.2, 0) is 11.4 Å². The molecule has 3 aromatic rings. The minimum absolute atomic E-state index is 0. The molecule has 33 heavy (non-hydrogen) atoms. The normalized spacial score (nSPS) is 12.9. The quantitative estimate of drug-likeness (QED) is 0.520. The van der Waals surface area contributed by atoms with Crippen molar-refractivity contribution in [2.45, 2.75) is 13.5 Å². The zero-order valence-corrected chi connectivity index (χ0v) is 19.6. The van der Waals surface area contributed by atoms with E-state index in [1.54, 1.807) is 0 Å². The van der Waals surface area contributed by atoms with Crippen LogP contribution in [0.4, 0.5) is 11.4 Å². The Morgan fingerprint density at radius 1 is 1.06 bits per heavy atom. The fourth-order valence-corrected chi connectivity index (χ4v) is 3.63. The molecule has 1 heterocycles. The van der Waals surface area contributed by atoms with Crippen LogP contribution in [0.25, 0.3) is 6.08 Å². The lowest BCUT2D eigenvalue weighted by Gasteiger charge is -2.18. The van der Waals surface area contributed by atoms with Gasteiger partial charge in [-0.15, -0.1) is 12.4 Å². The Bertz CT molecular complexity index is 1160. The number of likely N-dealkylation sites (N-methyl/N-ethyl adjacent to an activating group) is 1. The number of halogens is 1. The number of nitrogens with zero attached hydrogens (tertiary/aromatic N) is 2. The highest BCUT2D eigenvalue weighted by Gasteiger charge is 2.13. The zero-order valence-electron chi connectivity index (χ0n) is 18.8. The van der Waals surface area contributed by atoms with E-state index < -0.39 is 0 Å². The lowest BCUT2D eigenvalue weighted by Crippen LogP contribution is -2.20. The summed E-state index contributed by atoms with van der Waals surface area (Å²) in [5.41, 5.74) is 6.22. The van der Waals surface area contributed by atoms with E-state index in [0.717, 1.165) is 46.9 Å². The smallest absolute Gasteiger partial charge is 0.221 e. The molecule has 0 atom stereocenters. The van der Waals surface area contributed by atoms with E-state index in [-0.39, 0.29) is 18.3 Å². The average Bonchev–Trinajstić information content (AvgIpc) is 2.96. The zero-order chi connectivity index (χ0) is 22.3. The minimum Gasteiger partial charge on any atom is -0.489 e. The van der Waals surface area contributed by atoms with Crippen LogP contribution in [-0.4, -0.2) is 31.8 Å². The Balaban J connectivity index is 0.00000306.